The minimum absolute atomic E-state index is 0.0990. The summed E-state index contributed by atoms with van der Waals surface area (Å²) in [5.41, 5.74) is 3.95. The minimum atomic E-state index is -0.993. The first-order valence-electron chi connectivity index (χ1n) is 8.62. The van der Waals surface area contributed by atoms with Crippen LogP contribution in [-0.2, 0) is 9.53 Å². The number of carbonyl (C=O) groups is 1. The SMILES string of the molecule is Cc1ccc([C@H](O)[C@H]2O[C@@H](c3ccccc3)[C@H](C)N(C)C2=O)cc1C. The first kappa shape index (κ1) is 17.6. The van der Waals surface area contributed by atoms with Gasteiger partial charge in [-0.2, -0.15) is 0 Å². The van der Waals surface area contributed by atoms with Gasteiger partial charge in [-0.15, -0.1) is 0 Å². The van der Waals surface area contributed by atoms with Gasteiger partial charge in [0.15, 0.2) is 6.10 Å². The molecule has 0 aromatic heterocycles. The molecule has 4 nitrogen and oxygen atoms in total. The number of ether oxygens (including phenoxy) is 1. The number of aliphatic hydroxyl groups is 1. The summed E-state index contributed by atoms with van der Waals surface area (Å²) in [6.07, 6.45) is -2.17. The second-order valence-corrected chi connectivity index (χ2v) is 6.87. The quantitative estimate of drug-likeness (QED) is 0.933. The Balaban J connectivity index is 1.91. The van der Waals surface area contributed by atoms with E-state index in [0.29, 0.717) is 5.56 Å². The van der Waals surface area contributed by atoms with Gasteiger partial charge in [-0.1, -0.05) is 48.5 Å². The van der Waals surface area contributed by atoms with Gasteiger partial charge in [-0.05, 0) is 43.0 Å². The standard InChI is InChI=1S/C21H25NO3/c1-13-10-11-17(12-14(13)2)18(23)20-21(24)22(4)15(3)19(25-20)16-8-6-5-7-9-16/h5-12,15,18-20,23H,1-4H3/t15-,18-,19+,20+/m0/s1. The van der Waals surface area contributed by atoms with Crippen molar-refractivity contribution in [3.05, 3.63) is 70.8 Å². The van der Waals surface area contributed by atoms with Crippen LogP contribution in [-0.4, -0.2) is 35.1 Å². The third-order valence-electron chi connectivity index (χ3n) is 5.22. The van der Waals surface area contributed by atoms with Crippen molar-refractivity contribution in [2.24, 2.45) is 0 Å². The molecule has 1 N–H and O–H groups in total. The van der Waals surface area contributed by atoms with Crippen LogP contribution in [0.2, 0.25) is 0 Å². The molecule has 2 aromatic carbocycles. The molecule has 0 bridgehead atoms. The zero-order valence-electron chi connectivity index (χ0n) is 15.1. The third-order valence-corrected chi connectivity index (χ3v) is 5.22. The summed E-state index contributed by atoms with van der Waals surface area (Å²) in [6, 6.07) is 15.5. The maximum atomic E-state index is 12.7. The molecule has 0 saturated carbocycles. The normalized spacial score (nSPS) is 25.1. The molecule has 1 saturated heterocycles. The number of amides is 1. The lowest BCUT2D eigenvalue weighted by molar-refractivity contribution is -0.183. The second-order valence-electron chi connectivity index (χ2n) is 6.87. The highest BCUT2D eigenvalue weighted by atomic mass is 16.5. The van der Waals surface area contributed by atoms with Crippen molar-refractivity contribution in [1.29, 1.82) is 0 Å². The van der Waals surface area contributed by atoms with E-state index in [9.17, 15) is 9.90 Å². The van der Waals surface area contributed by atoms with E-state index < -0.39 is 12.2 Å². The van der Waals surface area contributed by atoms with E-state index in [1.807, 2.05) is 69.3 Å². The summed E-state index contributed by atoms with van der Waals surface area (Å²) in [6.45, 7) is 5.99. The zero-order valence-corrected chi connectivity index (χ0v) is 15.1. The largest absolute Gasteiger partial charge is 0.385 e. The van der Waals surface area contributed by atoms with Crippen LogP contribution >= 0.6 is 0 Å². The summed E-state index contributed by atoms with van der Waals surface area (Å²) in [5, 5.41) is 10.8. The molecule has 1 aliphatic rings. The van der Waals surface area contributed by atoms with Crippen molar-refractivity contribution in [3.63, 3.8) is 0 Å². The van der Waals surface area contributed by atoms with Gasteiger partial charge < -0.3 is 14.7 Å². The van der Waals surface area contributed by atoms with Crippen molar-refractivity contribution >= 4 is 5.91 Å². The first-order valence-corrected chi connectivity index (χ1v) is 8.62. The number of aryl methyl sites for hydroxylation is 2. The summed E-state index contributed by atoms with van der Waals surface area (Å²) in [5.74, 6) is -0.189. The average Bonchev–Trinajstić information content (AvgIpc) is 2.62. The molecule has 3 rings (SSSR count). The maximum absolute atomic E-state index is 12.7. The van der Waals surface area contributed by atoms with Crippen LogP contribution < -0.4 is 0 Å². The van der Waals surface area contributed by atoms with Crippen LogP contribution in [0.3, 0.4) is 0 Å². The smallest absolute Gasteiger partial charge is 0.254 e. The van der Waals surface area contributed by atoms with Crippen LogP contribution in [0.15, 0.2) is 48.5 Å². The minimum Gasteiger partial charge on any atom is -0.385 e. The Kier molecular flexibility index (Phi) is 4.93. The molecule has 1 fully saturated rings. The number of aliphatic hydroxyl groups excluding tert-OH is 1. The summed E-state index contributed by atoms with van der Waals surface area (Å²) in [4.78, 5) is 14.4. The van der Waals surface area contributed by atoms with E-state index in [4.69, 9.17) is 4.74 Å². The number of rotatable bonds is 3. The summed E-state index contributed by atoms with van der Waals surface area (Å²) >= 11 is 0. The van der Waals surface area contributed by atoms with Gasteiger partial charge in [0, 0.05) is 7.05 Å². The number of nitrogens with zero attached hydrogens (tertiary/aromatic N) is 1. The lowest BCUT2D eigenvalue weighted by Crippen LogP contribution is -2.53. The highest BCUT2D eigenvalue weighted by Crippen LogP contribution is 2.35. The van der Waals surface area contributed by atoms with Crippen LogP contribution in [0.25, 0.3) is 0 Å². The number of morpholine rings is 1. The van der Waals surface area contributed by atoms with E-state index in [-0.39, 0.29) is 18.1 Å². The molecule has 0 aliphatic carbocycles. The Morgan fingerprint density at radius 1 is 1.08 bits per heavy atom. The van der Waals surface area contributed by atoms with Crippen molar-refractivity contribution in [3.8, 4) is 0 Å². The number of hydrogen-bond donors (Lipinski definition) is 1. The lowest BCUT2D eigenvalue weighted by Gasteiger charge is -2.42. The molecule has 1 aliphatic heterocycles. The van der Waals surface area contributed by atoms with E-state index in [1.165, 1.54) is 0 Å². The Labute approximate surface area is 149 Å². The Morgan fingerprint density at radius 2 is 1.76 bits per heavy atom. The number of carbonyl (C=O) groups excluding carboxylic acids is 1. The van der Waals surface area contributed by atoms with Crippen LogP contribution in [0, 0.1) is 13.8 Å². The van der Waals surface area contributed by atoms with Crippen molar-refractivity contribution < 1.29 is 14.6 Å². The van der Waals surface area contributed by atoms with Gasteiger partial charge in [-0.3, -0.25) is 4.79 Å². The highest BCUT2D eigenvalue weighted by molar-refractivity contribution is 5.82. The lowest BCUT2D eigenvalue weighted by atomic mass is 9.94. The number of hydrogen-bond acceptors (Lipinski definition) is 3. The molecule has 1 amide bonds. The predicted molar refractivity (Wildman–Crippen MR) is 97.2 cm³/mol. The van der Waals surface area contributed by atoms with Gasteiger partial charge in [0.05, 0.1) is 6.04 Å². The Bertz CT molecular complexity index is 759. The van der Waals surface area contributed by atoms with E-state index >= 15 is 0 Å². The Hall–Kier alpha value is -2.17. The molecular formula is C21H25NO3. The van der Waals surface area contributed by atoms with Gasteiger partial charge in [-0.25, -0.2) is 0 Å². The van der Waals surface area contributed by atoms with Crippen LogP contribution in [0.1, 0.15) is 41.4 Å². The van der Waals surface area contributed by atoms with Crippen LogP contribution in [0.5, 0.6) is 0 Å². The van der Waals surface area contributed by atoms with Gasteiger partial charge in [0.1, 0.15) is 12.2 Å². The number of benzene rings is 2. The van der Waals surface area contributed by atoms with Crippen LogP contribution in [0.4, 0.5) is 0 Å². The number of likely N-dealkylation sites (N-methyl/N-ethyl adjacent to an activating group) is 1. The van der Waals surface area contributed by atoms with Crippen molar-refractivity contribution in [1.82, 2.24) is 4.90 Å². The van der Waals surface area contributed by atoms with E-state index in [0.717, 1.165) is 16.7 Å². The average molecular weight is 339 g/mol. The molecule has 0 radical (unpaired) electrons. The molecule has 0 unspecified atom stereocenters. The fraction of sp³-hybridized carbons (Fsp3) is 0.381. The van der Waals surface area contributed by atoms with E-state index in [2.05, 4.69) is 0 Å². The summed E-state index contributed by atoms with van der Waals surface area (Å²) in [7, 11) is 1.77. The Morgan fingerprint density at radius 3 is 2.40 bits per heavy atom. The predicted octanol–water partition coefficient (Wildman–Crippen LogP) is 3.32. The monoisotopic (exact) mass is 339 g/mol. The zero-order chi connectivity index (χ0) is 18.1. The van der Waals surface area contributed by atoms with Gasteiger partial charge in [0.2, 0.25) is 0 Å². The fourth-order valence-electron chi connectivity index (χ4n) is 3.27. The van der Waals surface area contributed by atoms with Crippen molar-refractivity contribution in [2.75, 3.05) is 7.05 Å². The molecule has 0 spiro atoms. The first-order chi connectivity index (χ1) is 11.9. The molecule has 2 aromatic rings. The molecule has 1 heterocycles. The highest BCUT2D eigenvalue weighted by Gasteiger charge is 2.42. The van der Waals surface area contributed by atoms with E-state index in [1.54, 1.807) is 11.9 Å². The topological polar surface area (TPSA) is 49.8 Å². The maximum Gasteiger partial charge on any atom is 0.254 e. The van der Waals surface area contributed by atoms with Gasteiger partial charge >= 0.3 is 0 Å². The second kappa shape index (κ2) is 6.98. The fourth-order valence-corrected chi connectivity index (χ4v) is 3.27. The summed E-state index contributed by atoms with van der Waals surface area (Å²) < 4.78 is 6.11. The molecule has 132 valence electrons. The van der Waals surface area contributed by atoms with Crippen molar-refractivity contribution in [2.45, 2.75) is 45.1 Å². The molecular weight excluding hydrogens is 314 g/mol. The third kappa shape index (κ3) is 3.32. The van der Waals surface area contributed by atoms with Gasteiger partial charge in [0.25, 0.3) is 5.91 Å². The molecule has 25 heavy (non-hydrogen) atoms. The molecule has 4 heteroatoms. The molecule has 4 atom stereocenters.